The normalized spacial score (nSPS) is 16.5. The van der Waals surface area contributed by atoms with Crippen molar-refractivity contribution < 1.29 is 27.9 Å². The minimum atomic E-state index is -0.675. The van der Waals surface area contributed by atoms with Crippen molar-refractivity contribution in [3.05, 3.63) is 24.0 Å². The zero-order valence-electron chi connectivity index (χ0n) is 15.8. The topological polar surface area (TPSA) is 156 Å². The molecule has 152 valence electrons. The van der Waals surface area contributed by atoms with Gasteiger partial charge in [0.15, 0.2) is 0 Å². The Balaban J connectivity index is 0.00000280. The number of amides is 1. The van der Waals surface area contributed by atoms with Crippen molar-refractivity contribution in [3.8, 4) is 11.5 Å². The van der Waals surface area contributed by atoms with Gasteiger partial charge in [-0.25, -0.2) is 9.18 Å². The predicted molar refractivity (Wildman–Crippen MR) is 97.2 cm³/mol. The third kappa shape index (κ3) is 4.74. The van der Waals surface area contributed by atoms with Crippen molar-refractivity contribution in [2.75, 3.05) is 17.2 Å². The molecule has 1 atom stereocenters. The third-order valence-corrected chi connectivity index (χ3v) is 3.62. The van der Waals surface area contributed by atoms with Crippen LogP contribution >= 0.6 is 0 Å². The molecular weight excluding hydrogens is 373 g/mol. The van der Waals surface area contributed by atoms with E-state index >= 15 is 0 Å². The molecule has 0 spiro atoms. The van der Waals surface area contributed by atoms with Gasteiger partial charge in [-0.2, -0.15) is 0 Å². The fraction of sp³-hybridized carbons (Fsp3) is 0.412. The van der Waals surface area contributed by atoms with Crippen LogP contribution in [0.3, 0.4) is 0 Å². The highest BCUT2D eigenvalue weighted by Gasteiger charge is 2.35. The number of benzene rings is 1. The lowest BCUT2D eigenvalue weighted by Gasteiger charge is -2.20. The van der Waals surface area contributed by atoms with Crippen LogP contribution in [0.15, 0.2) is 22.6 Å². The van der Waals surface area contributed by atoms with Crippen LogP contribution in [0.5, 0.6) is 0 Å². The van der Waals surface area contributed by atoms with E-state index in [9.17, 15) is 14.0 Å². The van der Waals surface area contributed by atoms with Gasteiger partial charge in [-0.3, -0.25) is 9.69 Å². The molecule has 10 nitrogen and oxygen atoms in total. The number of halogens is 1. The van der Waals surface area contributed by atoms with Crippen LogP contribution in [0.1, 0.15) is 27.2 Å². The summed E-state index contributed by atoms with van der Waals surface area (Å²) in [6.07, 6.45) is -1.43. The number of ether oxygens (including phenoxy) is 2. The molecule has 1 amide bonds. The summed E-state index contributed by atoms with van der Waals surface area (Å²) in [6, 6.07) is 3.87. The fourth-order valence-electron chi connectivity index (χ4n) is 2.60. The number of carbonyl (C=O) groups is 2. The molecule has 2 aromatic rings. The molecule has 28 heavy (non-hydrogen) atoms. The lowest BCUT2D eigenvalue weighted by atomic mass is 10.1. The Morgan fingerprint density at radius 2 is 2.11 bits per heavy atom. The van der Waals surface area contributed by atoms with Crippen molar-refractivity contribution in [3.63, 3.8) is 0 Å². The van der Waals surface area contributed by atoms with Crippen molar-refractivity contribution in [1.29, 1.82) is 0 Å². The molecule has 1 saturated heterocycles. The van der Waals surface area contributed by atoms with E-state index in [0.29, 0.717) is 0 Å². The van der Waals surface area contributed by atoms with Crippen molar-refractivity contribution in [1.82, 2.24) is 16.3 Å². The number of aromatic nitrogens is 2. The highest BCUT2D eigenvalue weighted by molar-refractivity contribution is 5.90. The first-order valence-corrected chi connectivity index (χ1v) is 8.21. The second kappa shape index (κ2) is 7.80. The van der Waals surface area contributed by atoms with Gasteiger partial charge in [0.1, 0.15) is 17.5 Å². The van der Waals surface area contributed by atoms with Crippen LogP contribution in [-0.2, 0) is 14.3 Å². The van der Waals surface area contributed by atoms with Gasteiger partial charge in [0.2, 0.25) is 0 Å². The van der Waals surface area contributed by atoms with Crippen molar-refractivity contribution in [2.24, 2.45) is 0 Å². The first-order chi connectivity index (χ1) is 12.6. The van der Waals surface area contributed by atoms with E-state index < -0.39 is 29.6 Å². The van der Waals surface area contributed by atoms with E-state index in [1.807, 2.05) is 0 Å². The van der Waals surface area contributed by atoms with E-state index in [2.05, 4.69) is 10.2 Å². The molecule has 0 bridgehead atoms. The summed E-state index contributed by atoms with van der Waals surface area (Å²) in [7, 11) is 0. The smallest absolute Gasteiger partial charge is 0.414 e. The molecule has 0 aliphatic carbocycles. The Kier molecular flexibility index (Phi) is 5.88. The Hall–Kier alpha value is -3.21. The number of nitrogen functional groups attached to an aromatic ring is 1. The van der Waals surface area contributed by atoms with E-state index in [1.54, 1.807) is 20.8 Å². The molecule has 11 heteroatoms. The molecule has 3 rings (SSSR count). The second-order valence-corrected chi connectivity index (χ2v) is 7.02. The molecule has 5 N–H and O–H groups in total. The molecule has 1 aliphatic rings. The number of rotatable bonds is 4. The van der Waals surface area contributed by atoms with Gasteiger partial charge in [0.25, 0.3) is 5.89 Å². The number of cyclic esters (lactones) is 1. The predicted octanol–water partition coefficient (Wildman–Crippen LogP) is 2.68. The summed E-state index contributed by atoms with van der Waals surface area (Å²) in [5.41, 5.74) is 5.04. The average Bonchev–Trinajstić information content (AvgIpc) is 3.11. The Morgan fingerprint density at radius 3 is 2.68 bits per heavy atom. The Morgan fingerprint density at radius 1 is 1.39 bits per heavy atom. The average molecular weight is 395 g/mol. The molecule has 0 radical (unpaired) electrons. The Labute approximate surface area is 160 Å². The lowest BCUT2D eigenvalue weighted by Crippen LogP contribution is -2.28. The number of anilines is 2. The van der Waals surface area contributed by atoms with E-state index in [0.717, 1.165) is 6.07 Å². The van der Waals surface area contributed by atoms with E-state index in [4.69, 9.17) is 19.6 Å². The third-order valence-electron chi connectivity index (χ3n) is 3.62. The quantitative estimate of drug-likeness (QED) is 0.743. The number of nitrogens with zero attached hydrogens (tertiary/aromatic N) is 3. The number of carbonyl (C=O) groups excluding carboxylic acids is 2. The van der Waals surface area contributed by atoms with Crippen LogP contribution in [0.2, 0.25) is 0 Å². The van der Waals surface area contributed by atoms with E-state index in [1.165, 1.54) is 17.0 Å². The van der Waals surface area contributed by atoms with E-state index in [-0.39, 0.29) is 42.3 Å². The minimum Gasteiger partial charge on any atom is -0.460 e. The van der Waals surface area contributed by atoms with Gasteiger partial charge in [-0.05, 0) is 39.0 Å². The standard InChI is InChI=1S/C17H19FN4O5.H3N/c1-17(2,3)27-13(23)7-10-8-22(16(24)25-10)9-4-5-11(12(18)6-9)14-20-21-15(19)26-14;/h4-6,10H,7-8H2,1-3H3,(H2,19,21);1H3/t10-;/m0./s1. The number of hydrogen-bond acceptors (Lipinski definition) is 9. The number of nitrogens with two attached hydrogens (primary N) is 1. The highest BCUT2D eigenvalue weighted by Crippen LogP contribution is 2.29. The maximum Gasteiger partial charge on any atom is 0.414 e. The molecule has 1 aromatic heterocycles. The van der Waals surface area contributed by atoms with Crippen LogP contribution < -0.4 is 16.8 Å². The molecule has 1 aromatic carbocycles. The van der Waals surface area contributed by atoms with Gasteiger partial charge < -0.3 is 25.8 Å². The van der Waals surface area contributed by atoms with Gasteiger partial charge in [-0.15, -0.1) is 5.10 Å². The molecule has 0 unspecified atom stereocenters. The lowest BCUT2D eigenvalue weighted by molar-refractivity contribution is -0.156. The Bertz CT molecular complexity index is 879. The first kappa shape index (κ1) is 21.1. The number of hydrogen-bond donors (Lipinski definition) is 2. The summed E-state index contributed by atoms with van der Waals surface area (Å²) < 4.78 is 29.8. The minimum absolute atomic E-state index is 0. The second-order valence-electron chi connectivity index (χ2n) is 7.02. The van der Waals surface area contributed by atoms with Crippen molar-refractivity contribution >= 4 is 23.8 Å². The van der Waals surface area contributed by atoms with Gasteiger partial charge in [-0.1, -0.05) is 5.10 Å². The van der Waals surface area contributed by atoms with Crippen LogP contribution in [0.25, 0.3) is 11.5 Å². The number of esters is 1. The van der Waals surface area contributed by atoms with Gasteiger partial charge in [0.05, 0.1) is 24.2 Å². The molecular formula is C17H22FN5O5. The summed E-state index contributed by atoms with van der Waals surface area (Å²) in [6.45, 7) is 5.35. The summed E-state index contributed by atoms with van der Waals surface area (Å²) >= 11 is 0. The van der Waals surface area contributed by atoms with Crippen LogP contribution in [0.4, 0.5) is 20.9 Å². The molecule has 1 fully saturated rings. The monoisotopic (exact) mass is 395 g/mol. The summed E-state index contributed by atoms with van der Waals surface area (Å²) in [5.74, 6) is -1.21. The fourth-order valence-corrected chi connectivity index (χ4v) is 2.60. The zero-order chi connectivity index (χ0) is 19.8. The van der Waals surface area contributed by atoms with Gasteiger partial charge in [0, 0.05) is 0 Å². The highest BCUT2D eigenvalue weighted by atomic mass is 19.1. The molecule has 1 aliphatic heterocycles. The van der Waals surface area contributed by atoms with Crippen molar-refractivity contribution in [2.45, 2.75) is 38.9 Å². The zero-order valence-corrected chi connectivity index (χ0v) is 15.8. The maximum atomic E-state index is 14.4. The largest absolute Gasteiger partial charge is 0.460 e. The summed E-state index contributed by atoms with van der Waals surface area (Å²) in [5, 5.41) is 7.10. The van der Waals surface area contributed by atoms with Gasteiger partial charge >= 0.3 is 18.1 Å². The van der Waals surface area contributed by atoms with Crippen LogP contribution in [0, 0.1) is 5.82 Å². The summed E-state index contributed by atoms with van der Waals surface area (Å²) in [4.78, 5) is 25.2. The molecule has 0 saturated carbocycles. The maximum absolute atomic E-state index is 14.4. The van der Waals surface area contributed by atoms with Crippen LogP contribution in [-0.4, -0.2) is 40.5 Å². The molecule has 2 heterocycles. The SMILES string of the molecule is CC(C)(C)OC(=O)C[C@H]1CN(c2ccc(-c3nnc(N)o3)c(F)c2)C(=O)O1.N. The first-order valence-electron chi connectivity index (χ1n) is 8.21.